The van der Waals surface area contributed by atoms with Crippen molar-refractivity contribution < 1.29 is 18.3 Å². The Kier molecular flexibility index (Phi) is 5.86. The molecule has 1 N–H and O–H groups in total. The number of rotatable bonds is 6. The summed E-state index contributed by atoms with van der Waals surface area (Å²) in [4.78, 5) is 11.7. The number of hydrogen-bond donors (Lipinski definition) is 1. The predicted octanol–water partition coefficient (Wildman–Crippen LogP) is 4.41. The van der Waals surface area contributed by atoms with Gasteiger partial charge in [0.25, 0.3) is 0 Å². The van der Waals surface area contributed by atoms with Gasteiger partial charge >= 0.3 is 0 Å². The summed E-state index contributed by atoms with van der Waals surface area (Å²) < 4.78 is 32.3. The molecule has 1 amide bonds. The zero-order chi connectivity index (χ0) is 16.7. The minimum atomic E-state index is -0.816. The SMILES string of the molecule is CCCOc1ccc(/C=C/C(=O)Nc2c(F)cccc2F)cc1. The highest BCUT2D eigenvalue weighted by Gasteiger charge is 2.09. The molecule has 2 aromatic carbocycles. The first-order chi connectivity index (χ1) is 11.1. The van der Waals surface area contributed by atoms with Crippen LogP contribution in [0.4, 0.5) is 14.5 Å². The molecule has 0 aliphatic rings. The molecule has 3 nitrogen and oxygen atoms in total. The van der Waals surface area contributed by atoms with Gasteiger partial charge in [-0.1, -0.05) is 25.1 Å². The van der Waals surface area contributed by atoms with Crippen LogP contribution in [-0.4, -0.2) is 12.5 Å². The van der Waals surface area contributed by atoms with Gasteiger partial charge in [-0.05, 0) is 42.3 Å². The van der Waals surface area contributed by atoms with Crippen molar-refractivity contribution in [2.45, 2.75) is 13.3 Å². The van der Waals surface area contributed by atoms with Gasteiger partial charge in [-0.2, -0.15) is 0 Å². The Morgan fingerprint density at radius 2 is 1.78 bits per heavy atom. The van der Waals surface area contributed by atoms with E-state index in [1.54, 1.807) is 30.3 Å². The van der Waals surface area contributed by atoms with Crippen LogP contribution in [0.15, 0.2) is 48.5 Å². The van der Waals surface area contributed by atoms with E-state index < -0.39 is 23.2 Å². The van der Waals surface area contributed by atoms with Crippen molar-refractivity contribution in [3.63, 3.8) is 0 Å². The summed E-state index contributed by atoms with van der Waals surface area (Å²) in [5.41, 5.74) is 0.323. The molecular weight excluding hydrogens is 300 g/mol. The van der Waals surface area contributed by atoms with Gasteiger partial charge in [0.2, 0.25) is 5.91 Å². The van der Waals surface area contributed by atoms with Crippen LogP contribution in [0.2, 0.25) is 0 Å². The van der Waals surface area contributed by atoms with Crippen molar-refractivity contribution in [1.82, 2.24) is 0 Å². The molecule has 0 heterocycles. The van der Waals surface area contributed by atoms with E-state index in [2.05, 4.69) is 5.32 Å². The number of para-hydroxylation sites is 1. The maximum atomic E-state index is 13.4. The summed E-state index contributed by atoms with van der Waals surface area (Å²) in [5.74, 6) is -1.49. The number of carbonyl (C=O) groups is 1. The molecule has 2 aromatic rings. The fraction of sp³-hybridized carbons (Fsp3) is 0.167. The van der Waals surface area contributed by atoms with E-state index in [9.17, 15) is 13.6 Å². The Balaban J connectivity index is 1.98. The van der Waals surface area contributed by atoms with E-state index in [4.69, 9.17) is 4.74 Å². The summed E-state index contributed by atoms with van der Waals surface area (Å²) in [6, 6.07) is 10.6. The Hall–Kier alpha value is -2.69. The van der Waals surface area contributed by atoms with Crippen LogP contribution in [0.3, 0.4) is 0 Å². The summed E-state index contributed by atoms with van der Waals surface area (Å²) in [6.07, 6.45) is 3.69. The molecule has 0 aromatic heterocycles. The van der Waals surface area contributed by atoms with Crippen molar-refractivity contribution in [3.8, 4) is 5.75 Å². The Morgan fingerprint density at radius 3 is 2.39 bits per heavy atom. The van der Waals surface area contributed by atoms with Gasteiger partial charge in [-0.3, -0.25) is 4.79 Å². The second-order valence-corrected chi connectivity index (χ2v) is 4.84. The number of benzene rings is 2. The van der Waals surface area contributed by atoms with Gasteiger partial charge in [0.15, 0.2) is 0 Å². The van der Waals surface area contributed by atoms with Crippen molar-refractivity contribution in [1.29, 1.82) is 0 Å². The first-order valence-corrected chi connectivity index (χ1v) is 7.26. The maximum Gasteiger partial charge on any atom is 0.248 e. The molecule has 2 rings (SSSR count). The molecule has 0 aliphatic heterocycles. The molecule has 0 atom stereocenters. The Morgan fingerprint density at radius 1 is 1.13 bits per heavy atom. The quantitative estimate of drug-likeness (QED) is 0.802. The molecule has 0 aliphatic carbocycles. The minimum Gasteiger partial charge on any atom is -0.494 e. The average Bonchev–Trinajstić information content (AvgIpc) is 2.55. The highest BCUT2D eigenvalue weighted by Crippen LogP contribution is 2.18. The van der Waals surface area contributed by atoms with Crippen LogP contribution in [0.25, 0.3) is 6.08 Å². The average molecular weight is 317 g/mol. The number of halogens is 2. The van der Waals surface area contributed by atoms with E-state index in [0.717, 1.165) is 29.9 Å². The van der Waals surface area contributed by atoms with E-state index >= 15 is 0 Å². The molecule has 5 heteroatoms. The first-order valence-electron chi connectivity index (χ1n) is 7.26. The van der Waals surface area contributed by atoms with Gasteiger partial charge in [-0.25, -0.2) is 8.78 Å². The van der Waals surface area contributed by atoms with Crippen molar-refractivity contribution in [3.05, 3.63) is 65.7 Å². The highest BCUT2D eigenvalue weighted by atomic mass is 19.1. The normalized spacial score (nSPS) is 10.7. The van der Waals surface area contributed by atoms with Crippen molar-refractivity contribution >= 4 is 17.7 Å². The summed E-state index contributed by atoms with van der Waals surface area (Å²) in [7, 11) is 0. The third kappa shape index (κ3) is 4.92. The van der Waals surface area contributed by atoms with E-state index in [-0.39, 0.29) is 0 Å². The first kappa shape index (κ1) is 16.7. The zero-order valence-corrected chi connectivity index (χ0v) is 12.7. The van der Waals surface area contributed by atoms with Crippen LogP contribution >= 0.6 is 0 Å². The van der Waals surface area contributed by atoms with Gasteiger partial charge in [0.1, 0.15) is 23.1 Å². The molecule has 0 unspecified atom stereocenters. The van der Waals surface area contributed by atoms with Gasteiger partial charge in [0.05, 0.1) is 6.61 Å². The number of anilines is 1. The van der Waals surface area contributed by atoms with E-state index in [1.165, 1.54) is 12.1 Å². The third-order valence-corrected chi connectivity index (χ3v) is 2.99. The molecule has 0 spiro atoms. The van der Waals surface area contributed by atoms with Crippen LogP contribution in [0.5, 0.6) is 5.75 Å². The topological polar surface area (TPSA) is 38.3 Å². The van der Waals surface area contributed by atoms with Crippen molar-refractivity contribution in [2.75, 3.05) is 11.9 Å². The Bertz CT molecular complexity index is 676. The smallest absolute Gasteiger partial charge is 0.248 e. The second kappa shape index (κ2) is 8.08. The minimum absolute atomic E-state index is 0.453. The molecule has 0 bridgehead atoms. The number of nitrogens with one attached hydrogen (secondary N) is 1. The van der Waals surface area contributed by atoms with Crippen LogP contribution in [0, 0.1) is 11.6 Å². The monoisotopic (exact) mass is 317 g/mol. The molecule has 0 fully saturated rings. The fourth-order valence-corrected chi connectivity index (χ4v) is 1.85. The van der Waals surface area contributed by atoms with E-state index in [1.807, 2.05) is 6.92 Å². The molecule has 120 valence electrons. The lowest BCUT2D eigenvalue weighted by Crippen LogP contribution is -2.10. The summed E-state index contributed by atoms with van der Waals surface area (Å²) in [5, 5.41) is 2.19. The lowest BCUT2D eigenvalue weighted by atomic mass is 10.2. The third-order valence-electron chi connectivity index (χ3n) is 2.99. The summed E-state index contributed by atoms with van der Waals surface area (Å²) in [6.45, 7) is 2.67. The highest BCUT2D eigenvalue weighted by molar-refractivity contribution is 6.02. The molecule has 23 heavy (non-hydrogen) atoms. The lowest BCUT2D eigenvalue weighted by Gasteiger charge is -2.05. The standard InChI is InChI=1S/C18H17F2NO2/c1-2-12-23-14-9-6-13(7-10-14)8-11-17(22)21-18-15(19)4-3-5-16(18)20/h3-11H,2,12H2,1H3,(H,21,22)/b11-8+. The van der Waals surface area contributed by atoms with Crippen LogP contribution in [0.1, 0.15) is 18.9 Å². The van der Waals surface area contributed by atoms with Crippen LogP contribution in [-0.2, 0) is 4.79 Å². The zero-order valence-electron chi connectivity index (χ0n) is 12.7. The van der Waals surface area contributed by atoms with Crippen molar-refractivity contribution in [2.24, 2.45) is 0 Å². The number of ether oxygens (including phenoxy) is 1. The number of carbonyl (C=O) groups excluding carboxylic acids is 1. The molecular formula is C18H17F2NO2. The molecule has 0 saturated carbocycles. The maximum absolute atomic E-state index is 13.4. The Labute approximate surface area is 133 Å². The summed E-state index contributed by atoms with van der Waals surface area (Å²) >= 11 is 0. The fourth-order valence-electron chi connectivity index (χ4n) is 1.85. The number of hydrogen-bond acceptors (Lipinski definition) is 2. The van der Waals surface area contributed by atoms with E-state index in [0.29, 0.717) is 6.61 Å². The van der Waals surface area contributed by atoms with Crippen LogP contribution < -0.4 is 10.1 Å². The van der Waals surface area contributed by atoms with Gasteiger partial charge < -0.3 is 10.1 Å². The molecule has 0 saturated heterocycles. The lowest BCUT2D eigenvalue weighted by molar-refractivity contribution is -0.111. The predicted molar refractivity (Wildman–Crippen MR) is 86.2 cm³/mol. The second-order valence-electron chi connectivity index (χ2n) is 4.84. The van der Waals surface area contributed by atoms with Gasteiger partial charge in [0, 0.05) is 6.08 Å². The number of amides is 1. The largest absolute Gasteiger partial charge is 0.494 e. The van der Waals surface area contributed by atoms with Gasteiger partial charge in [-0.15, -0.1) is 0 Å². The molecule has 0 radical (unpaired) electrons.